The zero-order chi connectivity index (χ0) is 13.5. The van der Waals surface area contributed by atoms with E-state index in [0.29, 0.717) is 5.56 Å². The van der Waals surface area contributed by atoms with Crippen molar-refractivity contribution in [2.45, 2.75) is 19.3 Å². The van der Waals surface area contributed by atoms with Gasteiger partial charge in [-0.3, -0.25) is 14.9 Å². The highest BCUT2D eigenvalue weighted by atomic mass is 16.6. The Morgan fingerprint density at radius 2 is 2.11 bits per heavy atom. The molecule has 94 valence electrons. The topological polar surface area (TPSA) is 93.2 Å². The van der Waals surface area contributed by atoms with Crippen molar-refractivity contribution in [1.29, 1.82) is 5.26 Å². The van der Waals surface area contributed by atoms with Gasteiger partial charge in [-0.1, -0.05) is 12.1 Å². The van der Waals surface area contributed by atoms with Gasteiger partial charge in [-0.25, -0.2) is 0 Å². The van der Waals surface area contributed by atoms with Gasteiger partial charge in [-0.2, -0.15) is 5.26 Å². The molecule has 0 N–H and O–H groups in total. The summed E-state index contributed by atoms with van der Waals surface area (Å²) < 4.78 is 4.76. The molecule has 6 nitrogen and oxygen atoms in total. The second kappa shape index (κ2) is 6.35. The van der Waals surface area contributed by atoms with Crippen LogP contribution in [0.3, 0.4) is 0 Å². The Labute approximate surface area is 104 Å². The summed E-state index contributed by atoms with van der Waals surface area (Å²) in [6.45, 7) is 1.95. The van der Waals surface area contributed by atoms with Crippen molar-refractivity contribution < 1.29 is 14.5 Å². The Morgan fingerprint density at radius 1 is 1.50 bits per heavy atom. The van der Waals surface area contributed by atoms with Gasteiger partial charge in [0.15, 0.2) is 0 Å². The number of nitro groups is 1. The molecule has 0 spiro atoms. The zero-order valence-electron chi connectivity index (χ0n) is 9.83. The Kier molecular flexibility index (Phi) is 4.81. The normalized spacial score (nSPS) is 11.3. The summed E-state index contributed by atoms with van der Waals surface area (Å²) >= 11 is 0. The molecule has 0 radical (unpaired) electrons. The van der Waals surface area contributed by atoms with Crippen molar-refractivity contribution >= 4 is 11.7 Å². The second-order valence-electron chi connectivity index (χ2n) is 3.54. The number of nitrogens with zero attached hydrogens (tertiary/aromatic N) is 2. The van der Waals surface area contributed by atoms with E-state index in [1.54, 1.807) is 6.92 Å². The van der Waals surface area contributed by atoms with E-state index in [-0.39, 0.29) is 18.7 Å². The molecule has 0 aliphatic carbocycles. The molecule has 6 heteroatoms. The minimum absolute atomic E-state index is 0.0495. The predicted octanol–water partition coefficient (Wildman–Crippen LogP) is 2.16. The molecular formula is C12H12N2O4. The molecule has 0 amide bonds. The number of hydrogen-bond acceptors (Lipinski definition) is 5. The number of carbonyl (C=O) groups is 1. The molecule has 1 aromatic rings. The van der Waals surface area contributed by atoms with Crippen LogP contribution >= 0.6 is 0 Å². The fraction of sp³-hybridized carbons (Fsp3) is 0.333. The van der Waals surface area contributed by atoms with Gasteiger partial charge in [0.1, 0.15) is 0 Å². The lowest BCUT2D eigenvalue weighted by Gasteiger charge is -2.08. The molecule has 1 rings (SSSR count). The molecule has 1 aromatic carbocycles. The van der Waals surface area contributed by atoms with Crippen LogP contribution in [0, 0.1) is 21.4 Å². The van der Waals surface area contributed by atoms with Crippen molar-refractivity contribution in [3.8, 4) is 6.07 Å². The molecule has 0 saturated heterocycles. The molecule has 0 bridgehead atoms. The van der Waals surface area contributed by atoms with Crippen molar-refractivity contribution in [3.05, 3.63) is 39.9 Å². The number of nitro benzene ring substituents is 1. The number of ether oxygens (including phenoxy) is 1. The molecule has 0 aliphatic heterocycles. The van der Waals surface area contributed by atoms with Crippen LogP contribution in [0.2, 0.25) is 0 Å². The van der Waals surface area contributed by atoms with E-state index in [0.717, 1.165) is 0 Å². The number of hydrogen-bond donors (Lipinski definition) is 0. The van der Waals surface area contributed by atoms with Crippen LogP contribution in [0.25, 0.3) is 0 Å². The first-order valence-electron chi connectivity index (χ1n) is 5.38. The Bertz CT molecular complexity index is 476. The van der Waals surface area contributed by atoms with Gasteiger partial charge in [0.2, 0.25) is 0 Å². The fourth-order valence-corrected chi connectivity index (χ4v) is 1.45. The molecule has 18 heavy (non-hydrogen) atoms. The molecular weight excluding hydrogens is 236 g/mol. The molecule has 0 aromatic heterocycles. The van der Waals surface area contributed by atoms with Crippen molar-refractivity contribution in [2.24, 2.45) is 0 Å². The Morgan fingerprint density at radius 3 is 2.56 bits per heavy atom. The summed E-state index contributed by atoms with van der Waals surface area (Å²) in [5.74, 6) is -1.10. The largest absolute Gasteiger partial charge is 0.466 e. The van der Waals surface area contributed by atoms with Crippen LogP contribution in [0.1, 0.15) is 24.8 Å². The van der Waals surface area contributed by atoms with Gasteiger partial charge in [0, 0.05) is 12.1 Å². The van der Waals surface area contributed by atoms with E-state index < -0.39 is 16.8 Å². The first-order chi connectivity index (χ1) is 8.58. The molecule has 0 fully saturated rings. The van der Waals surface area contributed by atoms with Crippen LogP contribution in [0.4, 0.5) is 5.69 Å². The molecule has 0 aliphatic rings. The van der Waals surface area contributed by atoms with E-state index in [2.05, 4.69) is 0 Å². The SMILES string of the molecule is CCOC(=O)CC(C#N)c1ccc([N+](=O)[O-])cc1. The standard InChI is InChI=1S/C12H12N2O4/c1-2-18-12(15)7-10(8-13)9-3-5-11(6-4-9)14(16)17/h3-6,10H,2,7H2,1H3. The Balaban J connectivity index is 2.80. The number of rotatable bonds is 5. The third-order valence-electron chi connectivity index (χ3n) is 2.34. The number of nitriles is 1. The van der Waals surface area contributed by atoms with E-state index in [9.17, 15) is 14.9 Å². The lowest BCUT2D eigenvalue weighted by atomic mass is 9.97. The number of esters is 1. The molecule has 1 unspecified atom stereocenters. The highest BCUT2D eigenvalue weighted by Crippen LogP contribution is 2.22. The first-order valence-corrected chi connectivity index (χ1v) is 5.38. The summed E-state index contributed by atoms with van der Waals surface area (Å²) in [6.07, 6.45) is -0.0534. The average molecular weight is 248 g/mol. The van der Waals surface area contributed by atoms with Gasteiger partial charge < -0.3 is 4.74 Å². The van der Waals surface area contributed by atoms with Gasteiger partial charge >= 0.3 is 5.97 Å². The van der Waals surface area contributed by atoms with Gasteiger partial charge in [0.05, 0.1) is 29.9 Å². The maximum absolute atomic E-state index is 11.3. The number of non-ortho nitro benzene ring substituents is 1. The second-order valence-corrected chi connectivity index (χ2v) is 3.54. The van der Waals surface area contributed by atoms with Crippen LogP contribution in [-0.2, 0) is 9.53 Å². The predicted molar refractivity (Wildman–Crippen MR) is 62.7 cm³/mol. The van der Waals surface area contributed by atoms with Crippen LogP contribution < -0.4 is 0 Å². The van der Waals surface area contributed by atoms with Crippen LogP contribution in [0.15, 0.2) is 24.3 Å². The maximum atomic E-state index is 11.3. The quantitative estimate of drug-likeness (QED) is 0.452. The summed E-state index contributed by atoms with van der Waals surface area (Å²) in [5, 5.41) is 19.5. The van der Waals surface area contributed by atoms with E-state index >= 15 is 0 Å². The highest BCUT2D eigenvalue weighted by molar-refractivity contribution is 5.71. The maximum Gasteiger partial charge on any atom is 0.307 e. The monoisotopic (exact) mass is 248 g/mol. The van der Waals surface area contributed by atoms with Crippen molar-refractivity contribution in [3.63, 3.8) is 0 Å². The molecule has 0 heterocycles. The van der Waals surface area contributed by atoms with Crippen molar-refractivity contribution in [2.75, 3.05) is 6.61 Å². The lowest BCUT2D eigenvalue weighted by Crippen LogP contribution is -2.09. The molecule has 0 saturated carbocycles. The highest BCUT2D eigenvalue weighted by Gasteiger charge is 2.17. The van der Waals surface area contributed by atoms with E-state index in [4.69, 9.17) is 10.00 Å². The van der Waals surface area contributed by atoms with Gasteiger partial charge in [-0.05, 0) is 12.5 Å². The molecule has 1 atom stereocenters. The summed E-state index contributed by atoms with van der Waals surface area (Å²) in [5.41, 5.74) is 0.516. The zero-order valence-corrected chi connectivity index (χ0v) is 9.83. The van der Waals surface area contributed by atoms with E-state index in [1.807, 2.05) is 6.07 Å². The van der Waals surface area contributed by atoms with Crippen LogP contribution in [-0.4, -0.2) is 17.5 Å². The number of benzene rings is 1. The minimum Gasteiger partial charge on any atom is -0.466 e. The number of carbonyl (C=O) groups excluding carboxylic acids is 1. The van der Waals surface area contributed by atoms with Gasteiger partial charge in [-0.15, -0.1) is 0 Å². The summed E-state index contributed by atoms with van der Waals surface area (Å²) in [7, 11) is 0. The average Bonchev–Trinajstić information content (AvgIpc) is 2.36. The summed E-state index contributed by atoms with van der Waals surface area (Å²) in [4.78, 5) is 21.2. The third-order valence-corrected chi connectivity index (χ3v) is 2.34. The summed E-state index contributed by atoms with van der Waals surface area (Å²) in [6, 6.07) is 7.56. The van der Waals surface area contributed by atoms with Gasteiger partial charge in [0.25, 0.3) is 5.69 Å². The van der Waals surface area contributed by atoms with Crippen LogP contribution in [0.5, 0.6) is 0 Å². The van der Waals surface area contributed by atoms with E-state index in [1.165, 1.54) is 24.3 Å². The smallest absolute Gasteiger partial charge is 0.307 e. The third kappa shape index (κ3) is 3.56. The lowest BCUT2D eigenvalue weighted by molar-refractivity contribution is -0.384. The Hall–Kier alpha value is -2.42. The van der Waals surface area contributed by atoms with Crippen molar-refractivity contribution in [1.82, 2.24) is 0 Å². The fourth-order valence-electron chi connectivity index (χ4n) is 1.45. The minimum atomic E-state index is -0.648. The first kappa shape index (κ1) is 13.6.